The molecule has 9 heteroatoms. The summed E-state index contributed by atoms with van der Waals surface area (Å²) in [5.74, 6) is -3.96. The fourth-order valence-corrected chi connectivity index (χ4v) is 4.10. The van der Waals surface area contributed by atoms with Crippen LogP contribution >= 0.6 is 11.6 Å². The first kappa shape index (κ1) is 24.8. The van der Waals surface area contributed by atoms with Crippen LogP contribution in [0.15, 0.2) is 85.1 Å². The molecule has 0 aliphatic rings. The average Bonchev–Trinajstić information content (AvgIpc) is 2.88. The second kappa shape index (κ2) is 10.5. The minimum Gasteiger partial charge on any atom is -0.618 e. The van der Waals surface area contributed by atoms with Gasteiger partial charge in [0.05, 0.1) is 27.8 Å². The SMILES string of the molecule is O=CC(c1ccc(-c2c(F)ccc(Cl)c2F)c[n+]1[O-])C(Nc1ccc(C(=O)O)cc1)c1ccccc1. The minimum absolute atomic E-state index is 0.0376. The number of carbonyl (C=O) groups excluding carboxylic acids is 1. The number of pyridine rings is 1. The summed E-state index contributed by atoms with van der Waals surface area (Å²) >= 11 is 5.78. The number of aromatic carboxylic acids is 1. The number of benzene rings is 3. The molecule has 36 heavy (non-hydrogen) atoms. The highest BCUT2D eigenvalue weighted by Gasteiger charge is 2.31. The highest BCUT2D eigenvalue weighted by Crippen LogP contribution is 2.34. The smallest absolute Gasteiger partial charge is 0.335 e. The van der Waals surface area contributed by atoms with Gasteiger partial charge < -0.3 is 20.4 Å². The second-order valence-electron chi connectivity index (χ2n) is 7.96. The van der Waals surface area contributed by atoms with Crippen LogP contribution in [0.2, 0.25) is 5.02 Å². The zero-order valence-corrected chi connectivity index (χ0v) is 19.3. The van der Waals surface area contributed by atoms with Gasteiger partial charge in [0.25, 0.3) is 0 Å². The van der Waals surface area contributed by atoms with E-state index in [-0.39, 0.29) is 21.8 Å². The number of rotatable bonds is 8. The Bertz CT molecular complexity index is 1420. The number of aromatic nitrogens is 1. The van der Waals surface area contributed by atoms with Crippen molar-refractivity contribution < 1.29 is 28.2 Å². The molecule has 0 spiro atoms. The van der Waals surface area contributed by atoms with Crippen LogP contribution in [-0.2, 0) is 4.79 Å². The first-order valence-electron chi connectivity index (χ1n) is 10.8. The number of hydrogen-bond donors (Lipinski definition) is 2. The summed E-state index contributed by atoms with van der Waals surface area (Å²) < 4.78 is 29.2. The molecule has 1 heterocycles. The molecule has 2 unspecified atom stereocenters. The van der Waals surface area contributed by atoms with E-state index in [1.54, 1.807) is 42.5 Å². The van der Waals surface area contributed by atoms with Gasteiger partial charge in [-0.3, -0.25) is 0 Å². The van der Waals surface area contributed by atoms with Gasteiger partial charge in [0, 0.05) is 11.8 Å². The summed E-state index contributed by atoms with van der Waals surface area (Å²) in [4.78, 5) is 23.5. The van der Waals surface area contributed by atoms with Gasteiger partial charge in [-0.2, -0.15) is 4.73 Å². The molecule has 2 N–H and O–H groups in total. The highest BCUT2D eigenvalue weighted by atomic mass is 35.5. The Hall–Kier alpha value is -4.30. The standard InChI is InChI=1S/C27H19ClF2N2O4/c28-21-11-12-22(29)24(25(21)30)18-8-13-23(32(36)14-18)20(15-33)26(16-4-2-1-3-5-16)31-19-9-6-17(7-10-19)27(34)35/h1-15,20,26,31H,(H,34,35). The van der Waals surface area contributed by atoms with Crippen LogP contribution in [0, 0.1) is 16.8 Å². The molecule has 2 atom stereocenters. The van der Waals surface area contributed by atoms with Gasteiger partial charge in [-0.1, -0.05) is 41.9 Å². The van der Waals surface area contributed by atoms with E-state index in [1.165, 1.54) is 24.3 Å². The highest BCUT2D eigenvalue weighted by molar-refractivity contribution is 6.31. The molecule has 0 bridgehead atoms. The topological polar surface area (TPSA) is 93.3 Å². The second-order valence-corrected chi connectivity index (χ2v) is 8.37. The number of aldehydes is 1. The van der Waals surface area contributed by atoms with Crippen LogP contribution in [-0.4, -0.2) is 17.4 Å². The number of hydrogen-bond acceptors (Lipinski definition) is 4. The van der Waals surface area contributed by atoms with Crippen LogP contribution in [0.3, 0.4) is 0 Å². The normalized spacial score (nSPS) is 12.5. The van der Waals surface area contributed by atoms with Gasteiger partial charge in [0.1, 0.15) is 18.0 Å². The Kier molecular flexibility index (Phi) is 7.26. The van der Waals surface area contributed by atoms with Gasteiger partial charge in [-0.25, -0.2) is 13.6 Å². The fraction of sp³-hybridized carbons (Fsp3) is 0.0741. The van der Waals surface area contributed by atoms with Crippen molar-refractivity contribution in [3.05, 3.63) is 124 Å². The van der Waals surface area contributed by atoms with Crippen molar-refractivity contribution in [1.82, 2.24) is 0 Å². The van der Waals surface area contributed by atoms with E-state index in [2.05, 4.69) is 5.32 Å². The Morgan fingerprint density at radius 1 is 1.00 bits per heavy atom. The fourth-order valence-electron chi connectivity index (χ4n) is 3.94. The summed E-state index contributed by atoms with van der Waals surface area (Å²) in [5.41, 5.74) is 0.866. The third-order valence-electron chi connectivity index (χ3n) is 5.74. The van der Waals surface area contributed by atoms with Crippen LogP contribution in [0.5, 0.6) is 0 Å². The molecule has 4 rings (SSSR count). The Labute approximate surface area is 210 Å². The maximum Gasteiger partial charge on any atom is 0.335 e. The molecule has 0 aliphatic carbocycles. The minimum atomic E-state index is -1.08. The summed E-state index contributed by atoms with van der Waals surface area (Å²) in [7, 11) is 0. The molecule has 0 amide bonds. The van der Waals surface area contributed by atoms with E-state index in [4.69, 9.17) is 16.7 Å². The first-order valence-corrected chi connectivity index (χ1v) is 11.1. The van der Waals surface area contributed by atoms with Crippen molar-refractivity contribution in [2.75, 3.05) is 5.32 Å². The number of carbonyl (C=O) groups is 2. The molecule has 6 nitrogen and oxygen atoms in total. The number of nitrogens with zero attached hydrogens (tertiary/aromatic N) is 1. The molecule has 0 saturated heterocycles. The molecule has 4 aromatic rings. The lowest BCUT2D eigenvalue weighted by molar-refractivity contribution is -0.614. The third-order valence-corrected chi connectivity index (χ3v) is 6.03. The van der Waals surface area contributed by atoms with Crippen molar-refractivity contribution >= 4 is 29.5 Å². The summed E-state index contributed by atoms with van der Waals surface area (Å²) in [6.45, 7) is 0. The summed E-state index contributed by atoms with van der Waals surface area (Å²) in [5, 5.41) is 25.1. The number of carboxylic acids is 1. The van der Waals surface area contributed by atoms with Gasteiger partial charge in [-0.05, 0) is 48.0 Å². The molecule has 0 saturated carbocycles. The molecule has 0 radical (unpaired) electrons. The first-order chi connectivity index (χ1) is 17.3. The van der Waals surface area contributed by atoms with Crippen molar-refractivity contribution in [3.8, 4) is 11.1 Å². The lowest BCUT2D eigenvalue weighted by Gasteiger charge is -2.25. The lowest BCUT2D eigenvalue weighted by Crippen LogP contribution is -2.37. The maximum atomic E-state index is 14.5. The Balaban J connectivity index is 1.74. The summed E-state index contributed by atoms with van der Waals surface area (Å²) in [6.07, 6.45) is 1.60. The predicted octanol–water partition coefficient (Wildman–Crippen LogP) is 5.75. The van der Waals surface area contributed by atoms with Gasteiger partial charge in [0.2, 0.25) is 5.69 Å². The zero-order chi connectivity index (χ0) is 25.8. The molecular formula is C27H19ClF2N2O4. The van der Waals surface area contributed by atoms with Gasteiger partial charge in [-0.15, -0.1) is 0 Å². The summed E-state index contributed by atoms with van der Waals surface area (Å²) in [6, 6.07) is 18.9. The van der Waals surface area contributed by atoms with E-state index in [0.29, 0.717) is 22.3 Å². The quantitative estimate of drug-likeness (QED) is 0.137. The van der Waals surface area contributed by atoms with Crippen molar-refractivity contribution in [3.63, 3.8) is 0 Å². The van der Waals surface area contributed by atoms with Gasteiger partial charge in [0.15, 0.2) is 12.0 Å². The largest absolute Gasteiger partial charge is 0.618 e. The number of anilines is 1. The van der Waals surface area contributed by atoms with Crippen LogP contribution < -0.4 is 10.0 Å². The molecular weight excluding hydrogens is 490 g/mol. The number of nitrogens with one attached hydrogen (secondary N) is 1. The Morgan fingerprint density at radius 3 is 2.31 bits per heavy atom. The molecule has 1 aromatic heterocycles. The molecule has 0 fully saturated rings. The van der Waals surface area contributed by atoms with E-state index in [1.807, 2.05) is 0 Å². The van der Waals surface area contributed by atoms with Crippen LogP contribution in [0.25, 0.3) is 11.1 Å². The van der Waals surface area contributed by atoms with Gasteiger partial charge >= 0.3 is 5.97 Å². The monoisotopic (exact) mass is 508 g/mol. The van der Waals surface area contributed by atoms with E-state index < -0.39 is 35.1 Å². The molecule has 0 aliphatic heterocycles. The zero-order valence-electron chi connectivity index (χ0n) is 18.6. The number of halogens is 3. The molecule has 3 aromatic carbocycles. The maximum absolute atomic E-state index is 14.5. The predicted molar refractivity (Wildman–Crippen MR) is 131 cm³/mol. The van der Waals surface area contributed by atoms with Crippen molar-refractivity contribution in [2.24, 2.45) is 0 Å². The van der Waals surface area contributed by atoms with E-state index in [9.17, 15) is 23.6 Å². The van der Waals surface area contributed by atoms with Crippen molar-refractivity contribution in [1.29, 1.82) is 0 Å². The Morgan fingerprint density at radius 2 is 1.69 bits per heavy atom. The third kappa shape index (κ3) is 5.04. The van der Waals surface area contributed by atoms with Crippen molar-refractivity contribution in [2.45, 2.75) is 12.0 Å². The number of carboxylic acid groups (broad SMARTS) is 1. The molecule has 182 valence electrons. The van der Waals surface area contributed by atoms with Crippen LogP contribution in [0.1, 0.15) is 33.6 Å². The lowest BCUT2D eigenvalue weighted by atomic mass is 9.90. The van der Waals surface area contributed by atoms with Crippen LogP contribution in [0.4, 0.5) is 14.5 Å². The van der Waals surface area contributed by atoms with E-state index >= 15 is 0 Å². The van der Waals surface area contributed by atoms with E-state index in [0.717, 1.165) is 18.3 Å². The average molecular weight is 509 g/mol.